The van der Waals surface area contributed by atoms with Gasteiger partial charge >= 0.3 is 11.9 Å². The summed E-state index contributed by atoms with van der Waals surface area (Å²) in [5.41, 5.74) is 0. The van der Waals surface area contributed by atoms with E-state index in [9.17, 15) is 45.3 Å². The molecule has 2 fully saturated rings. The molecule has 2 aliphatic rings. The van der Waals surface area contributed by atoms with E-state index in [1.54, 1.807) is 0 Å². The molecule has 11 atom stereocenters. The van der Waals surface area contributed by atoms with E-state index in [0.29, 0.717) is 12.8 Å². The van der Waals surface area contributed by atoms with Crippen molar-refractivity contribution in [3.63, 3.8) is 0 Å². The second-order valence-electron chi connectivity index (χ2n) is 20.5. The number of allylic oxidation sites excluding steroid dienone is 4. The second-order valence-corrected chi connectivity index (χ2v) is 20.5. The van der Waals surface area contributed by atoms with Crippen LogP contribution in [0.4, 0.5) is 0 Å². The fraction of sp³-hybridized carbons (Fsp3) is 0.895. The third-order valence-corrected chi connectivity index (χ3v) is 13.9. The maximum Gasteiger partial charge on any atom is 0.306 e. The highest BCUT2D eigenvalue weighted by Crippen LogP contribution is 2.27. The summed E-state index contributed by atoms with van der Waals surface area (Å²) < 4.78 is 33.7. The van der Waals surface area contributed by atoms with Gasteiger partial charge in [0.25, 0.3) is 0 Å². The molecule has 7 N–H and O–H groups in total. The molecule has 2 saturated heterocycles. The first kappa shape index (κ1) is 66.1. The van der Waals surface area contributed by atoms with Crippen molar-refractivity contribution in [2.24, 2.45) is 0 Å². The molecule has 4 unspecified atom stereocenters. The number of aliphatic hydroxyl groups is 7. The zero-order chi connectivity index (χ0) is 52.4. The summed E-state index contributed by atoms with van der Waals surface area (Å²) in [6.07, 6.45) is 30.5. The summed E-state index contributed by atoms with van der Waals surface area (Å²) in [4.78, 5) is 25.9. The number of unbranched alkanes of at least 4 members (excludes halogenated alkanes) is 28. The molecule has 0 aliphatic carbocycles. The van der Waals surface area contributed by atoms with Crippen molar-refractivity contribution in [3.8, 4) is 0 Å². The Hall–Kier alpha value is -2.02. The van der Waals surface area contributed by atoms with Crippen molar-refractivity contribution in [3.05, 3.63) is 24.3 Å². The summed E-state index contributed by atoms with van der Waals surface area (Å²) in [5, 5.41) is 72.3. The highest BCUT2D eigenvalue weighted by atomic mass is 16.7. The van der Waals surface area contributed by atoms with Crippen LogP contribution >= 0.6 is 0 Å². The fourth-order valence-corrected chi connectivity index (χ4v) is 9.19. The number of rotatable bonds is 46. The number of aliphatic hydroxyl groups excluding tert-OH is 7. The Bertz CT molecular complexity index is 1350. The molecule has 0 amide bonds. The molecule has 2 rings (SSSR count). The van der Waals surface area contributed by atoms with Crippen LogP contribution in [-0.4, -0.2) is 142 Å². The van der Waals surface area contributed by atoms with E-state index in [1.807, 2.05) is 0 Å². The number of hydrogen-bond donors (Lipinski definition) is 7. The third-order valence-electron chi connectivity index (χ3n) is 13.9. The SMILES string of the molecule is CCCCC/C=C/C/C=C/CCCCCCCCCCCC(=O)O[C@H](COC(=O)CCCCCCCCCCCCCCCCCCC)CO[C@H]1O[C@@H](CO[C@H]2O[C@@H](CO)[C@@H](O)C(O)C2O)[C@@H](O)C(O)C1O. The van der Waals surface area contributed by atoms with Gasteiger partial charge in [0.05, 0.1) is 19.8 Å². The van der Waals surface area contributed by atoms with Gasteiger partial charge in [0.1, 0.15) is 55.4 Å². The Morgan fingerprint density at radius 2 is 0.833 bits per heavy atom. The molecule has 0 radical (unpaired) electrons. The molecule has 0 saturated carbocycles. The minimum Gasteiger partial charge on any atom is -0.462 e. The standard InChI is InChI=1S/C57H104O15/c1-3-5-7-9-11-13-15-17-19-21-22-24-26-28-30-32-34-36-38-40-49(60)70-45(42-67-48(59)39-37-35-33-31-29-27-25-23-20-18-16-14-12-10-8-6-4-2)43-68-56-55(66)53(64)51(62)47(72-56)44-69-57-54(65)52(63)50(61)46(41-58)71-57/h11,13,17,19,45-47,50-58,61-66H,3-10,12,14-16,18,20-44H2,1-2H3/b13-11+,19-17+/t45-,46+,47+,50-,51-,52?,53?,54?,55?,56+,57+/m1/s1. The van der Waals surface area contributed by atoms with Crippen LogP contribution in [0.3, 0.4) is 0 Å². The normalized spacial score (nSPS) is 25.1. The Labute approximate surface area is 434 Å². The minimum absolute atomic E-state index is 0.163. The van der Waals surface area contributed by atoms with Gasteiger partial charge in [-0.15, -0.1) is 0 Å². The van der Waals surface area contributed by atoms with Gasteiger partial charge in [-0.1, -0.05) is 199 Å². The zero-order valence-electron chi connectivity index (χ0n) is 44.9. The minimum atomic E-state index is -1.76. The summed E-state index contributed by atoms with van der Waals surface area (Å²) >= 11 is 0. The third kappa shape index (κ3) is 31.1. The Morgan fingerprint density at radius 3 is 1.32 bits per heavy atom. The van der Waals surface area contributed by atoms with E-state index in [2.05, 4.69) is 38.2 Å². The Balaban J connectivity index is 1.76. The van der Waals surface area contributed by atoms with Gasteiger partial charge < -0.3 is 64.2 Å². The van der Waals surface area contributed by atoms with E-state index >= 15 is 0 Å². The number of carbonyl (C=O) groups excluding carboxylic acids is 2. The molecule has 0 spiro atoms. The Kier molecular flexibility index (Phi) is 40.5. The quantitative estimate of drug-likeness (QED) is 0.0171. The largest absolute Gasteiger partial charge is 0.462 e. The van der Waals surface area contributed by atoms with Crippen molar-refractivity contribution in [2.45, 2.75) is 300 Å². The molecule has 2 aliphatic heterocycles. The fourth-order valence-electron chi connectivity index (χ4n) is 9.19. The van der Waals surface area contributed by atoms with Gasteiger partial charge in [0, 0.05) is 12.8 Å². The van der Waals surface area contributed by atoms with Crippen LogP contribution in [-0.2, 0) is 38.0 Å². The van der Waals surface area contributed by atoms with Gasteiger partial charge in [-0.05, 0) is 44.9 Å². The lowest BCUT2D eigenvalue weighted by Crippen LogP contribution is -2.61. The Morgan fingerprint density at radius 1 is 0.444 bits per heavy atom. The number of esters is 2. The van der Waals surface area contributed by atoms with Crippen molar-refractivity contribution >= 4 is 11.9 Å². The van der Waals surface area contributed by atoms with E-state index in [1.165, 1.54) is 135 Å². The molecule has 422 valence electrons. The number of hydrogen-bond acceptors (Lipinski definition) is 15. The van der Waals surface area contributed by atoms with E-state index in [0.717, 1.165) is 57.8 Å². The molecule has 0 bridgehead atoms. The number of carbonyl (C=O) groups is 2. The van der Waals surface area contributed by atoms with Crippen LogP contribution < -0.4 is 0 Å². The highest BCUT2D eigenvalue weighted by molar-refractivity contribution is 5.70. The molecule has 15 nitrogen and oxygen atoms in total. The monoisotopic (exact) mass is 1030 g/mol. The van der Waals surface area contributed by atoms with Gasteiger partial charge in [-0.3, -0.25) is 9.59 Å². The van der Waals surface area contributed by atoms with Gasteiger partial charge in [-0.2, -0.15) is 0 Å². The topological polar surface area (TPSA) is 231 Å². The first-order valence-corrected chi connectivity index (χ1v) is 28.9. The van der Waals surface area contributed by atoms with Gasteiger partial charge in [0.15, 0.2) is 18.7 Å². The van der Waals surface area contributed by atoms with E-state index in [-0.39, 0.29) is 26.1 Å². The molecule has 0 aromatic heterocycles. The lowest BCUT2D eigenvalue weighted by Gasteiger charge is -2.42. The maximum absolute atomic E-state index is 13.1. The highest BCUT2D eigenvalue weighted by Gasteiger charge is 2.47. The van der Waals surface area contributed by atoms with Crippen LogP contribution in [0.1, 0.15) is 232 Å². The van der Waals surface area contributed by atoms with Crippen LogP contribution in [0.25, 0.3) is 0 Å². The van der Waals surface area contributed by atoms with Crippen LogP contribution in [0.5, 0.6) is 0 Å². The molecule has 15 heteroatoms. The van der Waals surface area contributed by atoms with E-state index in [4.69, 9.17) is 28.4 Å². The zero-order valence-corrected chi connectivity index (χ0v) is 44.9. The molecule has 72 heavy (non-hydrogen) atoms. The summed E-state index contributed by atoms with van der Waals surface area (Å²) in [5.74, 6) is -0.917. The lowest BCUT2D eigenvalue weighted by molar-refractivity contribution is -0.332. The average molecular weight is 1030 g/mol. The molecular weight excluding hydrogens is 925 g/mol. The van der Waals surface area contributed by atoms with Crippen molar-refractivity contribution in [1.29, 1.82) is 0 Å². The molecule has 2 heterocycles. The predicted molar refractivity (Wildman–Crippen MR) is 280 cm³/mol. The predicted octanol–water partition coefficient (Wildman–Crippen LogP) is 9.50. The van der Waals surface area contributed by atoms with Gasteiger partial charge in [0.2, 0.25) is 0 Å². The first-order valence-electron chi connectivity index (χ1n) is 28.9. The van der Waals surface area contributed by atoms with Crippen LogP contribution in [0.2, 0.25) is 0 Å². The van der Waals surface area contributed by atoms with Crippen molar-refractivity contribution in [2.75, 3.05) is 26.4 Å². The summed E-state index contributed by atoms with van der Waals surface area (Å²) in [6.45, 7) is 2.60. The first-order chi connectivity index (χ1) is 35.0. The average Bonchev–Trinajstić information content (AvgIpc) is 3.37. The molecule has 0 aromatic carbocycles. The summed E-state index contributed by atoms with van der Waals surface area (Å²) in [7, 11) is 0. The lowest BCUT2D eigenvalue weighted by atomic mass is 9.98. The maximum atomic E-state index is 13.1. The molecule has 0 aromatic rings. The molecular formula is C57H104O15. The van der Waals surface area contributed by atoms with Gasteiger partial charge in [-0.25, -0.2) is 0 Å². The van der Waals surface area contributed by atoms with Crippen LogP contribution in [0, 0.1) is 0 Å². The van der Waals surface area contributed by atoms with E-state index < -0.39 is 92.7 Å². The summed E-state index contributed by atoms with van der Waals surface area (Å²) in [6, 6.07) is 0. The number of ether oxygens (including phenoxy) is 6. The van der Waals surface area contributed by atoms with Crippen LogP contribution in [0.15, 0.2) is 24.3 Å². The van der Waals surface area contributed by atoms with Crippen molar-refractivity contribution < 1.29 is 73.8 Å². The van der Waals surface area contributed by atoms with Crippen molar-refractivity contribution in [1.82, 2.24) is 0 Å². The second kappa shape index (κ2) is 44.1. The smallest absolute Gasteiger partial charge is 0.306 e.